The highest BCUT2D eigenvalue weighted by Gasteiger charge is 2.29. The van der Waals surface area contributed by atoms with Gasteiger partial charge in [-0.1, -0.05) is 6.92 Å². The Labute approximate surface area is 126 Å². The molecule has 2 heterocycles. The van der Waals surface area contributed by atoms with Gasteiger partial charge in [0.15, 0.2) is 0 Å². The average Bonchev–Trinajstić information content (AvgIpc) is 2.49. The number of nitrogens with zero attached hydrogens (tertiary/aromatic N) is 3. The number of amides is 1. The maximum Gasteiger partial charge on any atom is 0.239 e. The zero-order valence-corrected chi connectivity index (χ0v) is 13.1. The molecular formula is C15H25N5O. The number of rotatable bonds is 5. The zero-order valence-electron chi connectivity index (χ0n) is 13.1. The molecule has 0 atom stereocenters. The van der Waals surface area contributed by atoms with E-state index in [4.69, 9.17) is 0 Å². The lowest BCUT2D eigenvalue weighted by Crippen LogP contribution is -2.56. The van der Waals surface area contributed by atoms with Crippen molar-refractivity contribution in [1.82, 2.24) is 20.6 Å². The summed E-state index contributed by atoms with van der Waals surface area (Å²) in [5, 5.41) is 6.35. The Morgan fingerprint density at radius 2 is 1.95 bits per heavy atom. The van der Waals surface area contributed by atoms with Crippen LogP contribution in [0.2, 0.25) is 0 Å². The van der Waals surface area contributed by atoms with E-state index in [2.05, 4.69) is 25.5 Å². The Bertz CT molecular complexity index is 454. The van der Waals surface area contributed by atoms with Crippen LogP contribution >= 0.6 is 0 Å². The second kappa shape index (κ2) is 6.85. The molecule has 1 aromatic heterocycles. The van der Waals surface area contributed by atoms with Crippen molar-refractivity contribution in [2.45, 2.75) is 45.2 Å². The smallest absolute Gasteiger partial charge is 0.239 e. The predicted molar refractivity (Wildman–Crippen MR) is 83.2 cm³/mol. The van der Waals surface area contributed by atoms with Gasteiger partial charge in [-0.05, 0) is 39.3 Å². The van der Waals surface area contributed by atoms with Crippen LogP contribution in [0.25, 0.3) is 0 Å². The number of hydrogen-bond acceptors (Lipinski definition) is 5. The molecule has 1 aromatic rings. The third-order valence-electron chi connectivity index (χ3n) is 3.85. The van der Waals surface area contributed by atoms with Crippen LogP contribution in [0.3, 0.4) is 0 Å². The maximum atomic E-state index is 12.3. The van der Waals surface area contributed by atoms with Gasteiger partial charge in [-0.15, -0.1) is 0 Å². The Kier molecular flexibility index (Phi) is 5.12. The van der Waals surface area contributed by atoms with E-state index < -0.39 is 5.54 Å². The summed E-state index contributed by atoms with van der Waals surface area (Å²) in [7, 11) is 0. The van der Waals surface area contributed by atoms with Crippen molar-refractivity contribution in [2.75, 3.05) is 24.5 Å². The Balaban J connectivity index is 1.83. The minimum atomic E-state index is -0.519. The summed E-state index contributed by atoms with van der Waals surface area (Å²) in [6.45, 7) is 8.36. The molecule has 1 saturated heterocycles. The normalized spacial score (nSPS) is 16.8. The number of aromatic nitrogens is 2. The fourth-order valence-electron chi connectivity index (χ4n) is 2.57. The lowest BCUT2D eigenvalue weighted by atomic mass is 10.0. The first-order valence-corrected chi connectivity index (χ1v) is 7.61. The topological polar surface area (TPSA) is 70.2 Å². The molecule has 6 nitrogen and oxygen atoms in total. The number of likely N-dealkylation sites (N-methyl/N-ethyl adjacent to an activating group) is 1. The van der Waals surface area contributed by atoms with E-state index in [-0.39, 0.29) is 11.9 Å². The van der Waals surface area contributed by atoms with Gasteiger partial charge < -0.3 is 15.5 Å². The summed E-state index contributed by atoms with van der Waals surface area (Å²) in [6, 6.07) is 2.05. The first kappa shape index (κ1) is 15.7. The molecule has 1 aliphatic rings. The SMILES string of the molecule is CCNC(C)(C)C(=O)NC1CCN(c2ncccn2)CC1. The first-order valence-electron chi connectivity index (χ1n) is 7.61. The van der Waals surface area contributed by atoms with Gasteiger partial charge in [0.25, 0.3) is 0 Å². The quantitative estimate of drug-likeness (QED) is 0.845. The van der Waals surface area contributed by atoms with Crippen LogP contribution in [-0.4, -0.2) is 47.1 Å². The van der Waals surface area contributed by atoms with Crippen molar-refractivity contribution >= 4 is 11.9 Å². The van der Waals surface area contributed by atoms with Gasteiger partial charge in [-0.25, -0.2) is 9.97 Å². The number of hydrogen-bond donors (Lipinski definition) is 2. The van der Waals surface area contributed by atoms with Gasteiger partial charge in [-0.3, -0.25) is 4.79 Å². The first-order chi connectivity index (χ1) is 10.0. The number of carbonyl (C=O) groups is 1. The van der Waals surface area contributed by atoms with Gasteiger partial charge in [0, 0.05) is 31.5 Å². The number of carbonyl (C=O) groups excluding carboxylic acids is 1. The van der Waals surface area contributed by atoms with Crippen LogP contribution < -0.4 is 15.5 Å². The molecule has 2 rings (SSSR count). The lowest BCUT2D eigenvalue weighted by molar-refractivity contribution is -0.127. The molecule has 1 amide bonds. The number of piperidine rings is 1. The minimum Gasteiger partial charge on any atom is -0.352 e. The highest BCUT2D eigenvalue weighted by molar-refractivity contribution is 5.85. The number of anilines is 1. The summed E-state index contributed by atoms with van der Waals surface area (Å²) in [6.07, 6.45) is 5.36. The van der Waals surface area contributed by atoms with Crippen LogP contribution in [0.4, 0.5) is 5.95 Å². The van der Waals surface area contributed by atoms with Crippen LogP contribution in [0.1, 0.15) is 33.6 Å². The van der Waals surface area contributed by atoms with E-state index >= 15 is 0 Å². The van der Waals surface area contributed by atoms with E-state index in [9.17, 15) is 4.79 Å². The Morgan fingerprint density at radius 3 is 2.52 bits per heavy atom. The van der Waals surface area contributed by atoms with Crippen molar-refractivity contribution < 1.29 is 4.79 Å². The summed E-state index contributed by atoms with van der Waals surface area (Å²) in [5.74, 6) is 0.842. The van der Waals surface area contributed by atoms with E-state index in [0.717, 1.165) is 38.4 Å². The van der Waals surface area contributed by atoms with E-state index in [1.165, 1.54) is 0 Å². The van der Waals surface area contributed by atoms with E-state index in [0.29, 0.717) is 0 Å². The van der Waals surface area contributed by atoms with Gasteiger partial charge in [0.1, 0.15) is 0 Å². The molecule has 0 spiro atoms. The van der Waals surface area contributed by atoms with Crippen molar-refractivity contribution in [3.63, 3.8) is 0 Å². The van der Waals surface area contributed by atoms with Crippen molar-refractivity contribution in [1.29, 1.82) is 0 Å². The van der Waals surface area contributed by atoms with Crippen molar-refractivity contribution in [3.05, 3.63) is 18.5 Å². The molecule has 0 bridgehead atoms. The molecule has 116 valence electrons. The molecule has 1 aliphatic heterocycles. The van der Waals surface area contributed by atoms with E-state index in [1.807, 2.05) is 26.8 Å². The Hall–Kier alpha value is -1.69. The van der Waals surface area contributed by atoms with Gasteiger partial charge in [-0.2, -0.15) is 0 Å². The standard InChI is InChI=1S/C15H25N5O/c1-4-18-15(2,3)13(21)19-12-6-10-20(11-7-12)14-16-8-5-9-17-14/h5,8-9,12,18H,4,6-7,10-11H2,1-3H3,(H,19,21). The second-order valence-electron chi connectivity index (χ2n) is 5.94. The average molecular weight is 291 g/mol. The fraction of sp³-hybridized carbons (Fsp3) is 0.667. The monoisotopic (exact) mass is 291 g/mol. The van der Waals surface area contributed by atoms with Gasteiger partial charge in [0.2, 0.25) is 11.9 Å². The fourth-order valence-corrected chi connectivity index (χ4v) is 2.57. The molecule has 2 N–H and O–H groups in total. The molecule has 0 unspecified atom stereocenters. The largest absolute Gasteiger partial charge is 0.352 e. The highest BCUT2D eigenvalue weighted by Crippen LogP contribution is 2.16. The molecule has 21 heavy (non-hydrogen) atoms. The van der Waals surface area contributed by atoms with E-state index in [1.54, 1.807) is 12.4 Å². The predicted octanol–water partition coefficient (Wildman–Crippen LogP) is 0.950. The molecule has 6 heteroatoms. The maximum absolute atomic E-state index is 12.3. The molecule has 1 fully saturated rings. The van der Waals surface area contributed by atoms with Crippen LogP contribution in [0, 0.1) is 0 Å². The molecule has 0 radical (unpaired) electrons. The molecule has 0 aliphatic carbocycles. The summed E-state index contributed by atoms with van der Waals surface area (Å²) >= 11 is 0. The highest BCUT2D eigenvalue weighted by atomic mass is 16.2. The molecule has 0 saturated carbocycles. The lowest BCUT2D eigenvalue weighted by Gasteiger charge is -2.34. The summed E-state index contributed by atoms with van der Waals surface area (Å²) in [4.78, 5) is 23.0. The zero-order chi connectivity index (χ0) is 15.3. The van der Waals surface area contributed by atoms with Gasteiger partial charge in [0.05, 0.1) is 5.54 Å². The summed E-state index contributed by atoms with van der Waals surface area (Å²) < 4.78 is 0. The van der Waals surface area contributed by atoms with Crippen molar-refractivity contribution in [3.8, 4) is 0 Å². The summed E-state index contributed by atoms with van der Waals surface area (Å²) in [5.41, 5.74) is -0.519. The minimum absolute atomic E-state index is 0.0683. The van der Waals surface area contributed by atoms with Crippen LogP contribution in [-0.2, 0) is 4.79 Å². The van der Waals surface area contributed by atoms with Crippen LogP contribution in [0.5, 0.6) is 0 Å². The molecule has 0 aromatic carbocycles. The van der Waals surface area contributed by atoms with Crippen LogP contribution in [0.15, 0.2) is 18.5 Å². The Morgan fingerprint density at radius 1 is 1.33 bits per heavy atom. The number of nitrogens with one attached hydrogen (secondary N) is 2. The second-order valence-corrected chi connectivity index (χ2v) is 5.94. The third-order valence-corrected chi connectivity index (χ3v) is 3.85. The van der Waals surface area contributed by atoms with Crippen molar-refractivity contribution in [2.24, 2.45) is 0 Å². The third kappa shape index (κ3) is 4.14. The molecular weight excluding hydrogens is 266 g/mol. The van der Waals surface area contributed by atoms with Gasteiger partial charge >= 0.3 is 0 Å².